The predicted molar refractivity (Wildman–Crippen MR) is 85.5 cm³/mol. The maximum atomic E-state index is 10.9. The van der Waals surface area contributed by atoms with E-state index in [-0.39, 0.29) is 0 Å². The minimum absolute atomic E-state index is 0.356. The predicted octanol–water partition coefficient (Wildman–Crippen LogP) is 4.03. The second-order valence-corrected chi connectivity index (χ2v) is 7.37. The van der Waals surface area contributed by atoms with Crippen molar-refractivity contribution >= 4 is 5.97 Å². The average Bonchev–Trinajstić information content (AvgIpc) is 2.37. The molecule has 1 aliphatic rings. The van der Waals surface area contributed by atoms with Crippen molar-refractivity contribution in [1.29, 1.82) is 0 Å². The summed E-state index contributed by atoms with van der Waals surface area (Å²) in [4.78, 5) is 13.3. The quantitative estimate of drug-likeness (QED) is 0.909. The van der Waals surface area contributed by atoms with E-state index in [0.29, 0.717) is 22.9 Å². The van der Waals surface area contributed by atoms with E-state index in [0.717, 1.165) is 6.54 Å². The molecule has 2 unspecified atom stereocenters. The topological polar surface area (TPSA) is 40.5 Å². The maximum absolute atomic E-state index is 10.9. The molecule has 0 aliphatic heterocycles. The van der Waals surface area contributed by atoms with Crippen LogP contribution in [0.2, 0.25) is 0 Å². The Morgan fingerprint density at radius 1 is 1.33 bits per heavy atom. The van der Waals surface area contributed by atoms with E-state index in [1.54, 1.807) is 12.1 Å². The van der Waals surface area contributed by atoms with Gasteiger partial charge in [0.2, 0.25) is 0 Å². The lowest BCUT2D eigenvalue weighted by Gasteiger charge is -2.43. The van der Waals surface area contributed by atoms with Crippen LogP contribution in [0, 0.1) is 11.3 Å². The highest BCUT2D eigenvalue weighted by Gasteiger charge is 2.34. The minimum atomic E-state index is -0.863. The summed E-state index contributed by atoms with van der Waals surface area (Å²) in [6.07, 6.45) is 3.81. The van der Waals surface area contributed by atoms with Crippen molar-refractivity contribution in [1.82, 2.24) is 4.90 Å². The molecule has 3 heteroatoms. The zero-order valence-corrected chi connectivity index (χ0v) is 13.6. The van der Waals surface area contributed by atoms with Gasteiger partial charge >= 0.3 is 5.97 Å². The smallest absolute Gasteiger partial charge is 0.335 e. The van der Waals surface area contributed by atoms with Gasteiger partial charge in [-0.2, -0.15) is 0 Å². The minimum Gasteiger partial charge on any atom is -0.478 e. The van der Waals surface area contributed by atoms with E-state index < -0.39 is 5.97 Å². The Labute approximate surface area is 128 Å². The number of hydrogen-bond acceptors (Lipinski definition) is 2. The largest absolute Gasteiger partial charge is 0.478 e. The third-order valence-corrected chi connectivity index (χ3v) is 4.85. The SMILES string of the molecule is CC1CC(C)(C)CCC1N(C)Cc1ccc(C(=O)O)cc1. The van der Waals surface area contributed by atoms with Crippen LogP contribution in [0.3, 0.4) is 0 Å². The maximum Gasteiger partial charge on any atom is 0.335 e. The molecule has 1 fully saturated rings. The fraction of sp³-hybridized carbons (Fsp3) is 0.611. The molecule has 0 radical (unpaired) electrons. The number of aromatic carboxylic acids is 1. The third kappa shape index (κ3) is 4.07. The van der Waals surface area contributed by atoms with Crippen LogP contribution in [-0.2, 0) is 6.54 Å². The highest BCUT2D eigenvalue weighted by molar-refractivity contribution is 5.87. The summed E-state index contributed by atoms with van der Waals surface area (Å²) in [5.41, 5.74) is 2.01. The Morgan fingerprint density at radius 2 is 1.95 bits per heavy atom. The van der Waals surface area contributed by atoms with E-state index in [1.807, 2.05) is 12.1 Å². The summed E-state index contributed by atoms with van der Waals surface area (Å²) in [5.74, 6) is -0.157. The third-order valence-electron chi connectivity index (χ3n) is 4.85. The molecule has 1 aliphatic carbocycles. The van der Waals surface area contributed by atoms with Crippen molar-refractivity contribution in [3.05, 3.63) is 35.4 Å². The van der Waals surface area contributed by atoms with Gasteiger partial charge in [0.1, 0.15) is 0 Å². The molecule has 1 N–H and O–H groups in total. The van der Waals surface area contributed by atoms with Crippen LogP contribution >= 0.6 is 0 Å². The summed E-state index contributed by atoms with van der Waals surface area (Å²) >= 11 is 0. The van der Waals surface area contributed by atoms with E-state index in [1.165, 1.54) is 24.8 Å². The number of hydrogen-bond donors (Lipinski definition) is 1. The van der Waals surface area contributed by atoms with Crippen LogP contribution in [-0.4, -0.2) is 29.1 Å². The van der Waals surface area contributed by atoms with Crippen LogP contribution in [0.1, 0.15) is 56.0 Å². The molecule has 0 aromatic heterocycles. The summed E-state index contributed by atoms with van der Waals surface area (Å²) in [6, 6.07) is 7.87. The Hall–Kier alpha value is -1.35. The Bertz CT molecular complexity index is 492. The first-order chi connectivity index (χ1) is 9.78. The van der Waals surface area contributed by atoms with Gasteiger partial charge in [0, 0.05) is 12.6 Å². The molecule has 2 rings (SSSR count). The van der Waals surface area contributed by atoms with Crippen molar-refractivity contribution in [3.8, 4) is 0 Å². The van der Waals surface area contributed by atoms with Gasteiger partial charge in [-0.3, -0.25) is 4.90 Å². The van der Waals surface area contributed by atoms with Gasteiger partial charge in [-0.05, 0) is 55.3 Å². The highest BCUT2D eigenvalue weighted by Crippen LogP contribution is 2.40. The lowest BCUT2D eigenvalue weighted by atomic mass is 9.70. The summed E-state index contributed by atoms with van der Waals surface area (Å²) in [7, 11) is 2.19. The summed E-state index contributed by atoms with van der Waals surface area (Å²) < 4.78 is 0. The van der Waals surface area contributed by atoms with E-state index in [2.05, 4.69) is 32.7 Å². The zero-order chi connectivity index (χ0) is 15.6. The first-order valence-electron chi connectivity index (χ1n) is 7.81. The Kier molecular flexibility index (Phi) is 4.72. The fourth-order valence-electron chi connectivity index (χ4n) is 3.75. The summed E-state index contributed by atoms with van der Waals surface area (Å²) in [6.45, 7) is 7.97. The van der Waals surface area contributed by atoms with Crippen molar-refractivity contribution < 1.29 is 9.90 Å². The number of benzene rings is 1. The standard InChI is InChI=1S/C18H27NO2/c1-13-11-18(2,3)10-9-16(13)19(4)12-14-5-7-15(8-6-14)17(20)21/h5-8,13,16H,9-12H2,1-4H3,(H,20,21). The Balaban J connectivity index is 1.98. The molecule has 116 valence electrons. The highest BCUT2D eigenvalue weighted by atomic mass is 16.4. The monoisotopic (exact) mass is 289 g/mol. The number of nitrogens with zero attached hydrogens (tertiary/aromatic N) is 1. The zero-order valence-electron chi connectivity index (χ0n) is 13.6. The molecule has 0 heterocycles. The molecule has 1 aromatic carbocycles. The first-order valence-corrected chi connectivity index (χ1v) is 7.81. The molecule has 21 heavy (non-hydrogen) atoms. The van der Waals surface area contributed by atoms with Crippen LogP contribution in [0.25, 0.3) is 0 Å². The van der Waals surface area contributed by atoms with Crippen molar-refractivity contribution in [2.75, 3.05) is 7.05 Å². The number of rotatable bonds is 4. The lowest BCUT2D eigenvalue weighted by Crippen LogP contribution is -2.42. The van der Waals surface area contributed by atoms with Gasteiger partial charge < -0.3 is 5.11 Å². The van der Waals surface area contributed by atoms with Gasteiger partial charge in [0.15, 0.2) is 0 Å². The average molecular weight is 289 g/mol. The lowest BCUT2D eigenvalue weighted by molar-refractivity contribution is 0.0696. The summed E-state index contributed by atoms with van der Waals surface area (Å²) in [5, 5.41) is 8.93. The molecule has 3 nitrogen and oxygen atoms in total. The molecule has 1 saturated carbocycles. The van der Waals surface area contributed by atoms with Gasteiger partial charge in [-0.15, -0.1) is 0 Å². The number of carboxylic acids is 1. The molecule has 0 amide bonds. The molecular weight excluding hydrogens is 262 g/mol. The first kappa shape index (κ1) is 16.0. The van der Waals surface area contributed by atoms with Crippen molar-refractivity contribution in [2.24, 2.45) is 11.3 Å². The van der Waals surface area contributed by atoms with Crippen molar-refractivity contribution in [2.45, 2.75) is 52.6 Å². The van der Waals surface area contributed by atoms with Crippen LogP contribution in [0.4, 0.5) is 0 Å². The molecule has 2 atom stereocenters. The van der Waals surface area contributed by atoms with Crippen molar-refractivity contribution in [3.63, 3.8) is 0 Å². The Morgan fingerprint density at radius 3 is 2.48 bits per heavy atom. The van der Waals surface area contributed by atoms with Gasteiger partial charge in [0.05, 0.1) is 5.56 Å². The van der Waals surface area contributed by atoms with Gasteiger partial charge in [-0.25, -0.2) is 4.79 Å². The molecule has 0 spiro atoms. The van der Waals surface area contributed by atoms with Gasteiger partial charge in [-0.1, -0.05) is 32.9 Å². The fourth-order valence-corrected chi connectivity index (χ4v) is 3.75. The molecular formula is C18H27NO2. The van der Waals surface area contributed by atoms with Crippen LogP contribution in [0.5, 0.6) is 0 Å². The van der Waals surface area contributed by atoms with E-state index in [9.17, 15) is 4.79 Å². The second kappa shape index (κ2) is 6.18. The number of carboxylic acid groups (broad SMARTS) is 1. The van der Waals surface area contributed by atoms with Gasteiger partial charge in [0.25, 0.3) is 0 Å². The van der Waals surface area contributed by atoms with E-state index >= 15 is 0 Å². The molecule has 1 aromatic rings. The second-order valence-electron chi connectivity index (χ2n) is 7.37. The van der Waals surface area contributed by atoms with E-state index in [4.69, 9.17) is 5.11 Å². The molecule has 0 saturated heterocycles. The van der Waals surface area contributed by atoms with Crippen LogP contribution in [0.15, 0.2) is 24.3 Å². The normalized spacial score (nSPS) is 25.0. The number of carbonyl (C=O) groups is 1. The molecule has 0 bridgehead atoms. The van der Waals surface area contributed by atoms with Crippen LogP contribution < -0.4 is 0 Å².